The smallest absolute Gasteiger partial charge is 0.270 e. The van der Waals surface area contributed by atoms with Crippen molar-refractivity contribution in [1.29, 1.82) is 0 Å². The first kappa shape index (κ1) is 18.2. The maximum absolute atomic E-state index is 12.7. The highest BCUT2D eigenvalue weighted by Gasteiger charge is 2.23. The first-order chi connectivity index (χ1) is 13.0. The molecule has 8 heteroatoms. The molecule has 3 aromatic rings. The zero-order chi connectivity index (χ0) is 19.0. The lowest BCUT2D eigenvalue weighted by Gasteiger charge is -2.21. The molecule has 0 radical (unpaired) electrons. The van der Waals surface area contributed by atoms with Gasteiger partial charge in [0.2, 0.25) is 5.28 Å². The molecule has 1 aliphatic rings. The van der Waals surface area contributed by atoms with Crippen LogP contribution in [-0.2, 0) is 6.42 Å². The highest BCUT2D eigenvalue weighted by Crippen LogP contribution is 2.34. The van der Waals surface area contributed by atoms with E-state index < -0.39 is 6.04 Å². The van der Waals surface area contributed by atoms with Crippen molar-refractivity contribution in [3.05, 3.63) is 80.3 Å². The third-order valence-electron chi connectivity index (χ3n) is 4.38. The predicted molar refractivity (Wildman–Crippen MR) is 105 cm³/mol. The molecule has 0 saturated heterocycles. The van der Waals surface area contributed by atoms with E-state index in [1.165, 1.54) is 6.20 Å². The van der Waals surface area contributed by atoms with Crippen LogP contribution in [0.3, 0.4) is 0 Å². The van der Waals surface area contributed by atoms with E-state index in [-0.39, 0.29) is 16.9 Å². The number of rotatable bonds is 4. The Morgan fingerprint density at radius 1 is 1.19 bits per heavy atom. The maximum Gasteiger partial charge on any atom is 0.270 e. The number of ether oxygens (including phenoxy) is 1. The average Bonchev–Trinajstić information content (AvgIpc) is 3.30. The standard InChI is InChI=1S/C19H14Cl3N3O2/c20-12-2-3-14(21)13(8-12)17(25-18(26)15-9-23-19(22)24-15)11-1-4-16-10(7-11)5-6-27-16/h1-4,7-9,17H,5-6H2,(H,23,24)(H,25,26). The minimum Gasteiger partial charge on any atom is -0.493 e. The van der Waals surface area contributed by atoms with Crippen molar-refractivity contribution in [2.24, 2.45) is 0 Å². The molecule has 4 rings (SSSR count). The van der Waals surface area contributed by atoms with Gasteiger partial charge in [-0.25, -0.2) is 4.98 Å². The van der Waals surface area contributed by atoms with Crippen LogP contribution in [0.1, 0.15) is 33.2 Å². The topological polar surface area (TPSA) is 67.0 Å². The molecule has 1 amide bonds. The minimum absolute atomic E-state index is 0.146. The number of aromatic amines is 1. The lowest BCUT2D eigenvalue weighted by molar-refractivity contribution is 0.0938. The number of nitrogens with one attached hydrogen (secondary N) is 2. The number of benzene rings is 2. The number of amides is 1. The third kappa shape index (κ3) is 3.76. The highest BCUT2D eigenvalue weighted by molar-refractivity contribution is 6.33. The van der Waals surface area contributed by atoms with E-state index >= 15 is 0 Å². The molecule has 0 saturated carbocycles. The van der Waals surface area contributed by atoms with Gasteiger partial charge in [0.1, 0.15) is 11.4 Å². The molecule has 0 bridgehead atoms. The van der Waals surface area contributed by atoms with Crippen molar-refractivity contribution in [2.75, 3.05) is 6.61 Å². The number of hydrogen-bond acceptors (Lipinski definition) is 3. The van der Waals surface area contributed by atoms with Gasteiger partial charge in [0, 0.05) is 16.5 Å². The largest absolute Gasteiger partial charge is 0.493 e. The summed E-state index contributed by atoms with van der Waals surface area (Å²) in [6.07, 6.45) is 2.20. The number of H-pyrrole nitrogens is 1. The van der Waals surface area contributed by atoms with Crippen molar-refractivity contribution < 1.29 is 9.53 Å². The first-order valence-electron chi connectivity index (χ1n) is 8.23. The van der Waals surface area contributed by atoms with Crippen LogP contribution in [0.5, 0.6) is 5.75 Å². The Morgan fingerprint density at radius 3 is 2.81 bits per heavy atom. The van der Waals surface area contributed by atoms with E-state index in [4.69, 9.17) is 39.5 Å². The number of halogens is 3. The first-order valence-corrected chi connectivity index (χ1v) is 9.36. The molecule has 5 nitrogen and oxygen atoms in total. The van der Waals surface area contributed by atoms with Crippen LogP contribution in [-0.4, -0.2) is 22.5 Å². The number of aromatic nitrogens is 2. The highest BCUT2D eigenvalue weighted by atomic mass is 35.5. The second-order valence-electron chi connectivity index (χ2n) is 6.13. The Balaban J connectivity index is 1.75. The predicted octanol–water partition coefficient (Wildman–Crippen LogP) is 4.82. The summed E-state index contributed by atoms with van der Waals surface area (Å²) in [5, 5.41) is 4.17. The van der Waals surface area contributed by atoms with E-state index in [0.29, 0.717) is 22.2 Å². The summed E-state index contributed by atoms with van der Waals surface area (Å²) >= 11 is 18.4. The molecule has 0 aliphatic carbocycles. The molecule has 0 fully saturated rings. The number of carbonyl (C=O) groups excluding carboxylic acids is 1. The Hall–Kier alpha value is -2.21. The second kappa shape index (κ2) is 7.43. The molecule has 27 heavy (non-hydrogen) atoms. The number of carbonyl (C=O) groups is 1. The monoisotopic (exact) mass is 421 g/mol. The fourth-order valence-corrected chi connectivity index (χ4v) is 3.64. The normalized spacial score (nSPS) is 13.7. The Labute approximate surface area is 170 Å². The van der Waals surface area contributed by atoms with Gasteiger partial charge in [0.25, 0.3) is 5.91 Å². The summed E-state index contributed by atoms with van der Waals surface area (Å²) in [5.74, 6) is 0.508. The summed E-state index contributed by atoms with van der Waals surface area (Å²) in [6, 6.07) is 10.5. The van der Waals surface area contributed by atoms with E-state index in [1.807, 2.05) is 18.2 Å². The number of nitrogens with zero attached hydrogens (tertiary/aromatic N) is 1. The lowest BCUT2D eigenvalue weighted by Crippen LogP contribution is -2.30. The molecular weight excluding hydrogens is 409 g/mol. The minimum atomic E-state index is -0.503. The van der Waals surface area contributed by atoms with Crippen LogP contribution in [0.15, 0.2) is 42.6 Å². The average molecular weight is 423 g/mol. The second-order valence-corrected chi connectivity index (χ2v) is 7.33. The molecule has 1 aliphatic heterocycles. The molecular formula is C19H14Cl3N3O2. The van der Waals surface area contributed by atoms with Gasteiger partial charge in [-0.05, 0) is 58.6 Å². The summed E-state index contributed by atoms with van der Waals surface area (Å²) < 4.78 is 5.57. The molecule has 1 atom stereocenters. The number of hydrogen-bond donors (Lipinski definition) is 2. The van der Waals surface area contributed by atoms with Gasteiger partial charge in [-0.15, -0.1) is 0 Å². The molecule has 0 spiro atoms. The zero-order valence-electron chi connectivity index (χ0n) is 13.9. The number of fused-ring (bicyclic) bond motifs is 1. The Morgan fingerprint density at radius 2 is 2.04 bits per heavy atom. The van der Waals surface area contributed by atoms with E-state index in [9.17, 15) is 4.79 Å². The quantitative estimate of drug-likeness (QED) is 0.633. The van der Waals surface area contributed by atoms with E-state index in [1.54, 1.807) is 18.2 Å². The van der Waals surface area contributed by atoms with Crippen molar-refractivity contribution in [2.45, 2.75) is 12.5 Å². The van der Waals surface area contributed by atoms with Gasteiger partial charge in [-0.1, -0.05) is 29.3 Å². The van der Waals surface area contributed by atoms with Crippen LogP contribution in [0.2, 0.25) is 15.3 Å². The van der Waals surface area contributed by atoms with Gasteiger partial charge in [0.05, 0.1) is 18.8 Å². The van der Waals surface area contributed by atoms with Crippen molar-refractivity contribution in [3.63, 3.8) is 0 Å². The van der Waals surface area contributed by atoms with Crippen LogP contribution in [0, 0.1) is 0 Å². The van der Waals surface area contributed by atoms with Gasteiger partial charge >= 0.3 is 0 Å². The summed E-state index contributed by atoms with van der Waals surface area (Å²) in [5.41, 5.74) is 2.92. The molecule has 1 aromatic heterocycles. The fourth-order valence-electron chi connectivity index (χ4n) is 3.08. The van der Waals surface area contributed by atoms with Crippen LogP contribution >= 0.6 is 34.8 Å². The van der Waals surface area contributed by atoms with Gasteiger partial charge in [0.15, 0.2) is 0 Å². The molecule has 2 N–H and O–H groups in total. The Bertz CT molecular complexity index is 1020. The maximum atomic E-state index is 12.7. The van der Waals surface area contributed by atoms with Gasteiger partial charge in [-0.3, -0.25) is 4.79 Å². The fraction of sp³-hybridized carbons (Fsp3) is 0.158. The SMILES string of the molecule is O=C(NC(c1ccc2c(c1)CCO2)c1cc(Cl)ccc1Cl)c1cnc(Cl)[nH]1. The Kier molecular flexibility index (Phi) is 5.00. The molecule has 1 unspecified atom stereocenters. The summed E-state index contributed by atoms with van der Waals surface area (Å²) in [6.45, 7) is 0.653. The van der Waals surface area contributed by atoms with Crippen LogP contribution in [0.25, 0.3) is 0 Å². The van der Waals surface area contributed by atoms with Crippen LogP contribution in [0.4, 0.5) is 0 Å². The van der Waals surface area contributed by atoms with Crippen molar-refractivity contribution >= 4 is 40.7 Å². The summed E-state index contributed by atoms with van der Waals surface area (Å²) in [7, 11) is 0. The van der Waals surface area contributed by atoms with E-state index in [2.05, 4.69) is 15.3 Å². The summed E-state index contributed by atoms with van der Waals surface area (Å²) in [4.78, 5) is 19.3. The molecule has 2 heterocycles. The molecule has 138 valence electrons. The van der Waals surface area contributed by atoms with Gasteiger partial charge in [-0.2, -0.15) is 0 Å². The van der Waals surface area contributed by atoms with Crippen molar-refractivity contribution in [3.8, 4) is 5.75 Å². The van der Waals surface area contributed by atoms with Crippen molar-refractivity contribution in [1.82, 2.24) is 15.3 Å². The van der Waals surface area contributed by atoms with Gasteiger partial charge < -0.3 is 15.0 Å². The molecule has 2 aromatic carbocycles. The zero-order valence-corrected chi connectivity index (χ0v) is 16.2. The third-order valence-corrected chi connectivity index (χ3v) is 5.15. The van der Waals surface area contributed by atoms with Crippen LogP contribution < -0.4 is 10.1 Å². The lowest BCUT2D eigenvalue weighted by atomic mass is 9.96. The number of imidazole rings is 1. The van der Waals surface area contributed by atoms with E-state index in [0.717, 1.165) is 23.3 Å².